The number of aliphatic hydroxyl groups is 1. The number of carbonyl (C=O) groups is 1. The van der Waals surface area contributed by atoms with Gasteiger partial charge in [-0.15, -0.1) is 0 Å². The minimum absolute atomic E-state index is 0.0225. The Balaban J connectivity index is 1.79. The molecule has 0 aliphatic carbocycles. The van der Waals surface area contributed by atoms with Gasteiger partial charge in [-0.05, 0) is 32.4 Å². The highest BCUT2D eigenvalue weighted by Crippen LogP contribution is 2.32. The lowest BCUT2D eigenvalue weighted by atomic mass is 10.1. The zero-order valence-electron chi connectivity index (χ0n) is 17.0. The maximum absolute atomic E-state index is 14.9. The summed E-state index contributed by atoms with van der Waals surface area (Å²) in [4.78, 5) is 24.5. The first kappa shape index (κ1) is 21.4. The highest BCUT2D eigenvalue weighted by molar-refractivity contribution is 6.33. The third-order valence-corrected chi connectivity index (χ3v) is 5.42. The molecule has 0 bridgehead atoms. The second kappa shape index (κ2) is 8.37. The molecule has 1 aromatic carbocycles. The molecule has 4 rings (SSSR count). The second-order valence-electron chi connectivity index (χ2n) is 7.66. The van der Waals surface area contributed by atoms with E-state index < -0.39 is 17.8 Å². The van der Waals surface area contributed by atoms with Crippen molar-refractivity contribution in [2.75, 3.05) is 18.5 Å². The number of benzene rings is 1. The van der Waals surface area contributed by atoms with Gasteiger partial charge in [0.05, 0.1) is 41.2 Å². The van der Waals surface area contributed by atoms with Gasteiger partial charge in [0, 0.05) is 18.2 Å². The Bertz CT molecular complexity index is 1150. The van der Waals surface area contributed by atoms with Gasteiger partial charge in [0.25, 0.3) is 5.91 Å². The van der Waals surface area contributed by atoms with Gasteiger partial charge in [-0.3, -0.25) is 4.79 Å². The van der Waals surface area contributed by atoms with Crippen LogP contribution in [0.4, 0.5) is 10.3 Å². The Morgan fingerprint density at radius 3 is 2.87 bits per heavy atom. The first-order valence-corrected chi connectivity index (χ1v) is 10.2. The number of carbonyl (C=O) groups excluding carboxylic acids is 1. The Kier molecular flexibility index (Phi) is 5.78. The summed E-state index contributed by atoms with van der Waals surface area (Å²) in [6.45, 7) is 4.42. The van der Waals surface area contributed by atoms with Crippen LogP contribution in [-0.2, 0) is 4.74 Å². The molecule has 164 valence electrons. The van der Waals surface area contributed by atoms with Crippen molar-refractivity contribution < 1.29 is 19.0 Å². The zero-order chi connectivity index (χ0) is 22.3. The fourth-order valence-electron chi connectivity index (χ4n) is 3.68. The topological polar surface area (TPSA) is 128 Å². The quantitative estimate of drug-likeness (QED) is 0.547. The Morgan fingerprint density at radius 1 is 1.42 bits per heavy atom. The molecule has 0 saturated carbocycles. The van der Waals surface area contributed by atoms with E-state index in [1.165, 1.54) is 12.3 Å². The average Bonchev–Trinajstić information content (AvgIpc) is 3.12. The number of anilines is 1. The predicted octanol–water partition coefficient (Wildman–Crippen LogP) is 2.53. The highest BCUT2D eigenvalue weighted by Gasteiger charge is 2.25. The fraction of sp³-hybridized carbons (Fsp3) is 0.400. The van der Waals surface area contributed by atoms with Crippen molar-refractivity contribution in [2.45, 2.75) is 38.5 Å². The van der Waals surface area contributed by atoms with Crippen LogP contribution in [0.15, 0.2) is 18.3 Å². The summed E-state index contributed by atoms with van der Waals surface area (Å²) in [6, 6.07) is 2.46. The van der Waals surface area contributed by atoms with E-state index in [-0.39, 0.29) is 41.0 Å². The number of aromatic nitrogens is 4. The molecule has 11 heteroatoms. The Hall–Kier alpha value is -2.82. The van der Waals surface area contributed by atoms with Gasteiger partial charge < -0.3 is 25.5 Å². The van der Waals surface area contributed by atoms with Crippen molar-refractivity contribution in [1.29, 1.82) is 0 Å². The van der Waals surface area contributed by atoms with Crippen LogP contribution in [0.3, 0.4) is 0 Å². The molecule has 0 spiro atoms. The van der Waals surface area contributed by atoms with Crippen LogP contribution in [0.25, 0.3) is 22.3 Å². The van der Waals surface area contributed by atoms with Gasteiger partial charge in [0.15, 0.2) is 11.6 Å². The van der Waals surface area contributed by atoms with Gasteiger partial charge in [0.1, 0.15) is 5.52 Å². The van der Waals surface area contributed by atoms with E-state index in [1.807, 2.05) is 13.8 Å². The number of rotatable bonds is 5. The van der Waals surface area contributed by atoms with Crippen LogP contribution < -0.4 is 11.1 Å². The lowest BCUT2D eigenvalue weighted by molar-refractivity contribution is -0.0136. The smallest absolute Gasteiger partial charge is 0.284 e. The maximum atomic E-state index is 14.9. The lowest BCUT2D eigenvalue weighted by Crippen LogP contribution is -2.42. The van der Waals surface area contributed by atoms with Crippen molar-refractivity contribution in [3.8, 4) is 11.3 Å². The molecule has 0 unspecified atom stereocenters. The van der Waals surface area contributed by atoms with E-state index in [2.05, 4.69) is 20.3 Å². The zero-order valence-corrected chi connectivity index (χ0v) is 17.7. The number of primary amides is 1. The van der Waals surface area contributed by atoms with Crippen LogP contribution >= 0.6 is 11.6 Å². The summed E-state index contributed by atoms with van der Waals surface area (Å²) in [6.07, 6.45) is 1.30. The second-order valence-corrected chi connectivity index (χ2v) is 8.07. The molecule has 1 aliphatic heterocycles. The number of amides is 1. The van der Waals surface area contributed by atoms with Crippen molar-refractivity contribution >= 4 is 34.5 Å². The molecule has 3 heterocycles. The monoisotopic (exact) mass is 448 g/mol. The number of nitrogens with zero attached hydrogens (tertiary/aromatic N) is 4. The van der Waals surface area contributed by atoms with Gasteiger partial charge in [-0.1, -0.05) is 11.6 Å². The lowest BCUT2D eigenvalue weighted by Gasteiger charge is -2.28. The molecule has 31 heavy (non-hydrogen) atoms. The number of nitrogens with two attached hydrogens (primary N) is 1. The standard InChI is InChI=1S/C20H22ClFN6O3/c1-9(2)28-14-6-10(5-12(22)17(14)26-19(28)18(23)30)16-11(21)7-24-20(27-16)25-13-3-4-31-8-15(13)29/h5-7,9,13,15,29H,3-4,8H2,1-2H3,(H2,23,30)(H,24,25,27)/t13-,15-/m1/s1. The van der Waals surface area contributed by atoms with Crippen molar-refractivity contribution in [3.05, 3.63) is 35.0 Å². The van der Waals surface area contributed by atoms with Crippen molar-refractivity contribution in [1.82, 2.24) is 19.5 Å². The van der Waals surface area contributed by atoms with Crippen molar-refractivity contribution in [2.24, 2.45) is 5.73 Å². The van der Waals surface area contributed by atoms with E-state index in [0.717, 1.165) is 0 Å². The number of hydrogen-bond acceptors (Lipinski definition) is 7. The summed E-state index contributed by atoms with van der Waals surface area (Å²) in [7, 11) is 0. The summed E-state index contributed by atoms with van der Waals surface area (Å²) in [5, 5.41) is 13.4. The number of halogens is 2. The number of aliphatic hydroxyl groups excluding tert-OH is 1. The van der Waals surface area contributed by atoms with Crippen LogP contribution in [-0.4, -0.2) is 55.9 Å². The molecule has 9 nitrogen and oxygen atoms in total. The Morgan fingerprint density at radius 2 is 2.19 bits per heavy atom. The van der Waals surface area contributed by atoms with Crippen LogP contribution in [0, 0.1) is 5.82 Å². The van der Waals surface area contributed by atoms with E-state index in [9.17, 15) is 14.3 Å². The minimum atomic E-state index is -0.743. The van der Waals surface area contributed by atoms with Crippen LogP contribution in [0.1, 0.15) is 36.9 Å². The first-order valence-electron chi connectivity index (χ1n) is 9.82. The number of hydrogen-bond donors (Lipinski definition) is 3. The molecule has 2 atom stereocenters. The highest BCUT2D eigenvalue weighted by atomic mass is 35.5. The largest absolute Gasteiger partial charge is 0.389 e. The third kappa shape index (κ3) is 4.06. The molecule has 1 amide bonds. The van der Waals surface area contributed by atoms with E-state index >= 15 is 0 Å². The van der Waals surface area contributed by atoms with Gasteiger partial charge in [-0.2, -0.15) is 0 Å². The van der Waals surface area contributed by atoms with Gasteiger partial charge >= 0.3 is 0 Å². The molecule has 1 aliphatic rings. The van der Waals surface area contributed by atoms with Crippen molar-refractivity contribution in [3.63, 3.8) is 0 Å². The average molecular weight is 449 g/mol. The summed E-state index contributed by atoms with van der Waals surface area (Å²) in [5.74, 6) is -1.14. The summed E-state index contributed by atoms with van der Waals surface area (Å²) < 4.78 is 21.7. The number of fused-ring (bicyclic) bond motifs is 1. The van der Waals surface area contributed by atoms with E-state index in [4.69, 9.17) is 22.1 Å². The third-order valence-electron chi connectivity index (χ3n) is 5.14. The predicted molar refractivity (Wildman–Crippen MR) is 113 cm³/mol. The van der Waals surface area contributed by atoms with Crippen LogP contribution in [0.2, 0.25) is 5.02 Å². The minimum Gasteiger partial charge on any atom is -0.389 e. The fourth-order valence-corrected chi connectivity index (χ4v) is 3.88. The maximum Gasteiger partial charge on any atom is 0.284 e. The molecule has 1 fully saturated rings. The molecule has 1 saturated heterocycles. The van der Waals surface area contributed by atoms with Gasteiger partial charge in [-0.25, -0.2) is 19.3 Å². The summed E-state index contributed by atoms with van der Waals surface area (Å²) in [5.41, 5.74) is 6.58. The molecular formula is C20H22ClFN6O3. The molecule has 3 aromatic rings. The number of imidazole rings is 1. The molecular weight excluding hydrogens is 427 g/mol. The normalized spacial score (nSPS) is 19.2. The molecule has 0 radical (unpaired) electrons. The first-order chi connectivity index (χ1) is 14.8. The number of ether oxygens (including phenoxy) is 1. The van der Waals surface area contributed by atoms with E-state index in [1.54, 1.807) is 10.6 Å². The Labute approximate surface area is 182 Å². The molecule has 2 aromatic heterocycles. The molecule has 4 N–H and O–H groups in total. The van der Waals surface area contributed by atoms with Gasteiger partial charge in [0.2, 0.25) is 5.95 Å². The van der Waals surface area contributed by atoms with E-state index in [0.29, 0.717) is 29.8 Å². The summed E-state index contributed by atoms with van der Waals surface area (Å²) >= 11 is 6.32. The number of nitrogens with one attached hydrogen (secondary N) is 1. The SMILES string of the molecule is CC(C)n1c(C(N)=O)nc2c(F)cc(-c3nc(N[C@@H]4CCOC[C@H]4O)ncc3Cl)cc21. The van der Waals surface area contributed by atoms with Crippen LogP contribution in [0.5, 0.6) is 0 Å².